The fourth-order valence-electron chi connectivity index (χ4n) is 2.61. The molecule has 19 heavy (non-hydrogen) atoms. The summed E-state index contributed by atoms with van der Waals surface area (Å²) in [5.41, 5.74) is 0.882. The highest BCUT2D eigenvalue weighted by molar-refractivity contribution is 6.33. The standard InChI is InChI=1S/C14H18ClNO3/c15-11-7-13-14(19-6-5-18-13)8-12(11)16-9-1-3-10(17)4-2-9/h7-10,16-17H,1-6H2. The van der Waals surface area contributed by atoms with E-state index in [9.17, 15) is 5.11 Å². The predicted molar refractivity (Wildman–Crippen MR) is 74.3 cm³/mol. The number of anilines is 1. The summed E-state index contributed by atoms with van der Waals surface area (Å²) in [7, 11) is 0. The summed E-state index contributed by atoms with van der Waals surface area (Å²) in [4.78, 5) is 0. The molecule has 4 nitrogen and oxygen atoms in total. The van der Waals surface area contributed by atoms with Crippen LogP contribution in [0.5, 0.6) is 11.5 Å². The summed E-state index contributed by atoms with van der Waals surface area (Å²) in [6, 6.07) is 4.07. The van der Waals surface area contributed by atoms with Crippen molar-refractivity contribution < 1.29 is 14.6 Å². The molecule has 1 saturated carbocycles. The van der Waals surface area contributed by atoms with Gasteiger partial charge in [0, 0.05) is 18.2 Å². The van der Waals surface area contributed by atoms with E-state index in [-0.39, 0.29) is 6.10 Å². The first-order chi connectivity index (χ1) is 9.22. The molecule has 0 atom stereocenters. The predicted octanol–water partition coefficient (Wildman–Crippen LogP) is 2.83. The number of fused-ring (bicyclic) bond motifs is 1. The van der Waals surface area contributed by atoms with Gasteiger partial charge in [-0.25, -0.2) is 0 Å². The number of aliphatic hydroxyl groups excluding tert-OH is 1. The zero-order valence-corrected chi connectivity index (χ0v) is 11.4. The van der Waals surface area contributed by atoms with E-state index in [4.69, 9.17) is 21.1 Å². The molecule has 0 radical (unpaired) electrons. The zero-order valence-electron chi connectivity index (χ0n) is 10.7. The van der Waals surface area contributed by atoms with Crippen molar-refractivity contribution in [3.8, 4) is 11.5 Å². The highest BCUT2D eigenvalue weighted by atomic mass is 35.5. The van der Waals surface area contributed by atoms with Crippen molar-refractivity contribution >= 4 is 17.3 Å². The Balaban J connectivity index is 1.73. The highest BCUT2D eigenvalue weighted by Crippen LogP contribution is 2.38. The lowest BCUT2D eigenvalue weighted by atomic mass is 9.93. The number of benzene rings is 1. The molecular formula is C14H18ClNO3. The Hall–Kier alpha value is -1.13. The van der Waals surface area contributed by atoms with Crippen molar-refractivity contribution in [2.75, 3.05) is 18.5 Å². The molecule has 2 N–H and O–H groups in total. The summed E-state index contributed by atoms with van der Waals surface area (Å²) >= 11 is 6.26. The quantitative estimate of drug-likeness (QED) is 0.876. The molecule has 0 bridgehead atoms. The van der Waals surface area contributed by atoms with Crippen LogP contribution < -0.4 is 14.8 Å². The van der Waals surface area contributed by atoms with E-state index >= 15 is 0 Å². The van der Waals surface area contributed by atoms with Crippen LogP contribution in [0.25, 0.3) is 0 Å². The Kier molecular flexibility index (Phi) is 3.71. The summed E-state index contributed by atoms with van der Waals surface area (Å²) < 4.78 is 11.1. The van der Waals surface area contributed by atoms with E-state index in [1.165, 1.54) is 0 Å². The Morgan fingerprint density at radius 3 is 2.37 bits per heavy atom. The van der Waals surface area contributed by atoms with Crippen LogP contribution in [0.4, 0.5) is 5.69 Å². The van der Waals surface area contributed by atoms with Crippen LogP contribution in [0.1, 0.15) is 25.7 Å². The van der Waals surface area contributed by atoms with Gasteiger partial charge in [-0.15, -0.1) is 0 Å². The number of halogens is 1. The second kappa shape index (κ2) is 5.47. The van der Waals surface area contributed by atoms with E-state index < -0.39 is 0 Å². The lowest BCUT2D eigenvalue weighted by Gasteiger charge is -2.28. The fourth-order valence-corrected chi connectivity index (χ4v) is 2.82. The average Bonchev–Trinajstić information content (AvgIpc) is 2.42. The van der Waals surface area contributed by atoms with E-state index in [0.29, 0.717) is 30.0 Å². The van der Waals surface area contributed by atoms with Crippen molar-refractivity contribution in [1.29, 1.82) is 0 Å². The van der Waals surface area contributed by atoms with Gasteiger partial charge in [-0.2, -0.15) is 0 Å². The van der Waals surface area contributed by atoms with Crippen LogP contribution in [0.3, 0.4) is 0 Å². The molecule has 5 heteroatoms. The minimum atomic E-state index is -0.145. The normalized spacial score (nSPS) is 26.0. The van der Waals surface area contributed by atoms with Gasteiger partial charge in [0.15, 0.2) is 11.5 Å². The monoisotopic (exact) mass is 283 g/mol. The first-order valence-corrected chi connectivity index (χ1v) is 7.14. The molecule has 104 valence electrons. The van der Waals surface area contributed by atoms with Crippen molar-refractivity contribution in [2.24, 2.45) is 0 Å². The summed E-state index contributed by atoms with van der Waals surface area (Å²) in [6.45, 7) is 1.14. The fraction of sp³-hybridized carbons (Fsp3) is 0.571. The number of hydrogen-bond acceptors (Lipinski definition) is 4. The molecule has 0 aromatic heterocycles. The van der Waals surface area contributed by atoms with Gasteiger partial charge in [0.05, 0.1) is 16.8 Å². The van der Waals surface area contributed by atoms with Crippen LogP contribution >= 0.6 is 11.6 Å². The summed E-state index contributed by atoms with van der Waals surface area (Å²) in [5, 5.41) is 13.6. The molecule has 3 rings (SSSR count). The SMILES string of the molecule is OC1CCC(Nc2cc3c(cc2Cl)OCCO3)CC1. The van der Waals surface area contributed by atoms with Crippen LogP contribution in [-0.2, 0) is 0 Å². The largest absolute Gasteiger partial charge is 0.486 e. The van der Waals surface area contributed by atoms with Gasteiger partial charge in [0.1, 0.15) is 13.2 Å². The number of aliphatic hydroxyl groups is 1. The van der Waals surface area contributed by atoms with Crippen LogP contribution in [-0.4, -0.2) is 30.5 Å². The third-order valence-electron chi connectivity index (χ3n) is 3.69. The molecule has 0 unspecified atom stereocenters. The van der Waals surface area contributed by atoms with Crippen molar-refractivity contribution in [3.63, 3.8) is 0 Å². The van der Waals surface area contributed by atoms with Gasteiger partial charge in [-0.1, -0.05) is 11.6 Å². The average molecular weight is 284 g/mol. The maximum atomic E-state index is 9.52. The van der Waals surface area contributed by atoms with E-state index in [0.717, 1.165) is 37.1 Å². The Bertz CT molecular complexity index is 458. The van der Waals surface area contributed by atoms with Crippen molar-refractivity contribution in [3.05, 3.63) is 17.2 Å². The molecular weight excluding hydrogens is 266 g/mol. The van der Waals surface area contributed by atoms with E-state index in [1.54, 1.807) is 6.07 Å². The Morgan fingerprint density at radius 2 is 1.68 bits per heavy atom. The second-order valence-corrected chi connectivity index (χ2v) is 5.53. The van der Waals surface area contributed by atoms with Crippen LogP contribution in [0.15, 0.2) is 12.1 Å². The van der Waals surface area contributed by atoms with Gasteiger partial charge in [0.2, 0.25) is 0 Å². The molecule has 0 amide bonds. The molecule has 1 heterocycles. The molecule has 1 aliphatic carbocycles. The van der Waals surface area contributed by atoms with Gasteiger partial charge < -0.3 is 19.9 Å². The molecule has 1 fully saturated rings. The lowest BCUT2D eigenvalue weighted by Crippen LogP contribution is -2.28. The first-order valence-electron chi connectivity index (χ1n) is 6.76. The maximum absolute atomic E-state index is 9.52. The van der Waals surface area contributed by atoms with Crippen molar-refractivity contribution in [1.82, 2.24) is 0 Å². The third kappa shape index (κ3) is 2.90. The van der Waals surface area contributed by atoms with Gasteiger partial charge in [-0.05, 0) is 25.7 Å². The number of nitrogens with one attached hydrogen (secondary N) is 1. The first kappa shape index (κ1) is 12.9. The van der Waals surface area contributed by atoms with Crippen LogP contribution in [0.2, 0.25) is 5.02 Å². The highest BCUT2D eigenvalue weighted by Gasteiger charge is 2.21. The smallest absolute Gasteiger partial charge is 0.163 e. The summed E-state index contributed by atoms with van der Waals surface area (Å²) in [6.07, 6.45) is 3.48. The molecule has 1 aromatic carbocycles. The minimum absolute atomic E-state index is 0.145. The molecule has 0 saturated heterocycles. The molecule has 2 aliphatic rings. The Morgan fingerprint density at radius 1 is 1.05 bits per heavy atom. The third-order valence-corrected chi connectivity index (χ3v) is 4.00. The second-order valence-electron chi connectivity index (χ2n) is 5.13. The van der Waals surface area contributed by atoms with E-state index in [1.807, 2.05) is 6.07 Å². The molecule has 1 aliphatic heterocycles. The number of ether oxygens (including phenoxy) is 2. The van der Waals surface area contributed by atoms with E-state index in [2.05, 4.69) is 5.32 Å². The van der Waals surface area contributed by atoms with Gasteiger partial charge >= 0.3 is 0 Å². The molecule has 0 spiro atoms. The Labute approximate surface area is 117 Å². The minimum Gasteiger partial charge on any atom is -0.486 e. The van der Waals surface area contributed by atoms with Gasteiger partial charge in [0.25, 0.3) is 0 Å². The summed E-state index contributed by atoms with van der Waals surface area (Å²) in [5.74, 6) is 1.45. The molecule has 1 aromatic rings. The number of hydrogen-bond donors (Lipinski definition) is 2. The lowest BCUT2D eigenvalue weighted by molar-refractivity contribution is 0.126. The van der Waals surface area contributed by atoms with Crippen LogP contribution in [0, 0.1) is 0 Å². The maximum Gasteiger partial charge on any atom is 0.163 e. The van der Waals surface area contributed by atoms with Gasteiger partial charge in [-0.3, -0.25) is 0 Å². The van der Waals surface area contributed by atoms with Crippen molar-refractivity contribution in [2.45, 2.75) is 37.8 Å². The number of rotatable bonds is 2. The topological polar surface area (TPSA) is 50.7 Å². The zero-order chi connectivity index (χ0) is 13.2.